The summed E-state index contributed by atoms with van der Waals surface area (Å²) in [5, 5.41) is 18.5. The number of β-amino-alcohol motifs (C(OH)–C–C–N with tert-alkyl or cyclic N) is 1. The van der Waals surface area contributed by atoms with Gasteiger partial charge >= 0.3 is 0 Å². The Morgan fingerprint density at radius 1 is 1.47 bits per heavy atom. The molecule has 0 spiro atoms. The van der Waals surface area contributed by atoms with Gasteiger partial charge < -0.3 is 10.0 Å². The van der Waals surface area contributed by atoms with E-state index in [0.717, 1.165) is 19.3 Å². The molecule has 4 heteroatoms. The number of likely N-dealkylation sites (tertiary alicyclic amines) is 1. The molecule has 0 aromatic carbocycles. The molecule has 4 nitrogen and oxygen atoms in total. The van der Waals surface area contributed by atoms with Crippen LogP contribution in [-0.2, 0) is 4.79 Å². The van der Waals surface area contributed by atoms with Gasteiger partial charge in [0.2, 0.25) is 5.91 Å². The molecule has 1 saturated heterocycles. The zero-order valence-corrected chi connectivity index (χ0v) is 8.78. The number of carbonyl (C=O) groups excluding carboxylic acids is 1. The second-order valence-corrected chi connectivity index (χ2v) is 4.59. The lowest BCUT2D eigenvalue weighted by Crippen LogP contribution is -2.51. The summed E-state index contributed by atoms with van der Waals surface area (Å²) >= 11 is 0. The van der Waals surface area contributed by atoms with E-state index in [1.807, 2.05) is 0 Å². The van der Waals surface area contributed by atoms with E-state index in [0.29, 0.717) is 25.9 Å². The Bertz CT molecular complexity index is 304. The van der Waals surface area contributed by atoms with Crippen molar-refractivity contribution in [2.45, 2.75) is 38.2 Å². The predicted octanol–water partition coefficient (Wildman–Crippen LogP) is 0.664. The maximum atomic E-state index is 12.1. The fourth-order valence-electron chi connectivity index (χ4n) is 2.35. The van der Waals surface area contributed by atoms with Crippen LogP contribution >= 0.6 is 0 Å². The number of aliphatic hydroxyl groups excluding tert-OH is 1. The number of hydrogen-bond acceptors (Lipinski definition) is 3. The lowest BCUT2D eigenvalue weighted by atomic mass is 9.69. The van der Waals surface area contributed by atoms with Crippen LogP contribution in [0.1, 0.15) is 32.1 Å². The van der Waals surface area contributed by atoms with Gasteiger partial charge in [-0.1, -0.05) is 0 Å². The molecule has 2 rings (SSSR count). The summed E-state index contributed by atoms with van der Waals surface area (Å²) in [4.78, 5) is 13.7. The summed E-state index contributed by atoms with van der Waals surface area (Å²) in [5.74, 6) is -0.0602. The highest BCUT2D eigenvalue weighted by molar-refractivity contribution is 5.86. The van der Waals surface area contributed by atoms with Crippen LogP contribution in [0.15, 0.2) is 0 Å². The van der Waals surface area contributed by atoms with Gasteiger partial charge in [0.15, 0.2) is 0 Å². The van der Waals surface area contributed by atoms with Crippen LogP contribution in [0.2, 0.25) is 0 Å². The van der Waals surface area contributed by atoms with E-state index in [4.69, 9.17) is 5.26 Å². The number of amides is 1. The molecule has 1 heterocycles. The maximum absolute atomic E-state index is 12.1. The van der Waals surface area contributed by atoms with Crippen LogP contribution in [0.5, 0.6) is 0 Å². The fraction of sp³-hybridized carbons (Fsp3) is 0.818. The molecule has 0 aromatic rings. The second-order valence-electron chi connectivity index (χ2n) is 4.59. The maximum Gasteiger partial charge on any atom is 0.243 e. The number of hydrogen-bond donors (Lipinski definition) is 1. The monoisotopic (exact) mass is 208 g/mol. The molecular formula is C11H16N2O2. The number of aliphatic hydroxyl groups is 1. The third-order valence-corrected chi connectivity index (χ3v) is 3.51. The largest absolute Gasteiger partial charge is 0.391 e. The number of nitrogens with zero attached hydrogens (tertiary/aromatic N) is 2. The van der Waals surface area contributed by atoms with Crippen LogP contribution in [0, 0.1) is 16.7 Å². The predicted molar refractivity (Wildman–Crippen MR) is 53.7 cm³/mol. The topological polar surface area (TPSA) is 64.3 Å². The molecule has 2 aliphatic rings. The van der Waals surface area contributed by atoms with Crippen molar-refractivity contribution in [1.29, 1.82) is 5.26 Å². The van der Waals surface area contributed by atoms with Gasteiger partial charge in [0.05, 0.1) is 12.2 Å². The van der Waals surface area contributed by atoms with Gasteiger partial charge in [-0.3, -0.25) is 4.79 Å². The summed E-state index contributed by atoms with van der Waals surface area (Å²) in [7, 11) is 0. The Labute approximate surface area is 89.5 Å². The number of rotatable bonds is 1. The highest BCUT2D eigenvalue weighted by Gasteiger charge is 2.47. The van der Waals surface area contributed by atoms with Crippen molar-refractivity contribution in [1.82, 2.24) is 4.90 Å². The quantitative estimate of drug-likeness (QED) is 0.688. The lowest BCUT2D eigenvalue weighted by molar-refractivity contribution is -0.146. The third kappa shape index (κ3) is 1.72. The molecule has 0 unspecified atom stereocenters. The first kappa shape index (κ1) is 10.4. The Morgan fingerprint density at radius 2 is 2.20 bits per heavy atom. The van der Waals surface area contributed by atoms with Crippen molar-refractivity contribution in [2.75, 3.05) is 13.1 Å². The number of nitriles is 1. The van der Waals surface area contributed by atoms with Gasteiger partial charge in [-0.15, -0.1) is 0 Å². The van der Waals surface area contributed by atoms with E-state index in [-0.39, 0.29) is 5.91 Å². The van der Waals surface area contributed by atoms with Crippen LogP contribution in [-0.4, -0.2) is 35.1 Å². The van der Waals surface area contributed by atoms with Crippen LogP contribution < -0.4 is 0 Å². The molecule has 1 saturated carbocycles. The average Bonchev–Trinajstić information content (AvgIpc) is 2.17. The molecule has 0 aromatic heterocycles. The van der Waals surface area contributed by atoms with Gasteiger partial charge in [-0.05, 0) is 32.1 Å². The molecule has 1 N–H and O–H groups in total. The zero-order chi connectivity index (χ0) is 10.9. The molecule has 2 fully saturated rings. The molecule has 0 bridgehead atoms. The number of carbonyl (C=O) groups is 1. The first-order chi connectivity index (χ1) is 7.18. The van der Waals surface area contributed by atoms with Crippen molar-refractivity contribution >= 4 is 5.91 Å². The normalized spacial score (nSPS) is 29.1. The Kier molecular flexibility index (Phi) is 2.66. The highest BCUT2D eigenvalue weighted by atomic mass is 16.3. The minimum atomic E-state index is -0.753. The van der Waals surface area contributed by atoms with E-state index < -0.39 is 11.5 Å². The summed E-state index contributed by atoms with van der Waals surface area (Å²) in [6, 6.07) is 2.15. The van der Waals surface area contributed by atoms with E-state index in [2.05, 4.69) is 6.07 Å². The molecule has 1 aliphatic carbocycles. The lowest BCUT2D eigenvalue weighted by Gasteiger charge is -2.40. The Hall–Kier alpha value is -1.08. The van der Waals surface area contributed by atoms with Gasteiger partial charge in [-0.2, -0.15) is 5.26 Å². The summed E-state index contributed by atoms with van der Waals surface area (Å²) < 4.78 is 0. The van der Waals surface area contributed by atoms with E-state index in [9.17, 15) is 9.90 Å². The first-order valence-corrected chi connectivity index (χ1v) is 5.57. The van der Waals surface area contributed by atoms with Crippen molar-refractivity contribution in [3.05, 3.63) is 0 Å². The third-order valence-electron chi connectivity index (χ3n) is 3.51. The molecule has 1 aliphatic heterocycles. The van der Waals surface area contributed by atoms with Gasteiger partial charge in [0.25, 0.3) is 0 Å². The Balaban J connectivity index is 2.04. The Morgan fingerprint density at radius 3 is 2.67 bits per heavy atom. The van der Waals surface area contributed by atoms with Crippen LogP contribution in [0.3, 0.4) is 0 Å². The molecule has 15 heavy (non-hydrogen) atoms. The van der Waals surface area contributed by atoms with E-state index in [1.165, 1.54) is 0 Å². The summed E-state index contributed by atoms with van der Waals surface area (Å²) in [6.45, 7) is 1.10. The molecule has 0 radical (unpaired) electrons. The van der Waals surface area contributed by atoms with Crippen molar-refractivity contribution in [3.63, 3.8) is 0 Å². The smallest absolute Gasteiger partial charge is 0.243 e. The van der Waals surface area contributed by atoms with E-state index in [1.54, 1.807) is 4.90 Å². The zero-order valence-electron chi connectivity index (χ0n) is 8.78. The minimum absolute atomic E-state index is 0.0602. The molecule has 82 valence electrons. The second kappa shape index (κ2) is 3.82. The van der Waals surface area contributed by atoms with Crippen molar-refractivity contribution in [3.8, 4) is 6.07 Å². The average molecular weight is 208 g/mol. The van der Waals surface area contributed by atoms with E-state index >= 15 is 0 Å². The molecule has 1 amide bonds. The SMILES string of the molecule is N#CC1(C(=O)N2CCC[C@H](O)C2)CCC1. The fourth-order valence-corrected chi connectivity index (χ4v) is 2.35. The minimum Gasteiger partial charge on any atom is -0.391 e. The highest BCUT2D eigenvalue weighted by Crippen LogP contribution is 2.42. The molecular weight excluding hydrogens is 192 g/mol. The van der Waals surface area contributed by atoms with Crippen molar-refractivity contribution < 1.29 is 9.90 Å². The number of piperidine rings is 1. The first-order valence-electron chi connectivity index (χ1n) is 5.57. The standard InChI is InChI=1S/C11H16N2O2/c12-8-11(4-2-5-11)10(15)13-6-1-3-9(14)7-13/h9,14H,1-7H2/t9-/m0/s1. The summed E-state index contributed by atoms with van der Waals surface area (Å²) in [6.07, 6.45) is 3.55. The van der Waals surface area contributed by atoms with Gasteiger partial charge in [0, 0.05) is 13.1 Å². The van der Waals surface area contributed by atoms with Gasteiger partial charge in [-0.25, -0.2) is 0 Å². The van der Waals surface area contributed by atoms with Gasteiger partial charge in [0.1, 0.15) is 5.41 Å². The van der Waals surface area contributed by atoms with Crippen molar-refractivity contribution in [2.24, 2.45) is 5.41 Å². The summed E-state index contributed by atoms with van der Waals surface area (Å²) in [5.41, 5.74) is -0.753. The van der Waals surface area contributed by atoms with Crippen LogP contribution in [0.25, 0.3) is 0 Å². The van der Waals surface area contributed by atoms with Crippen LogP contribution in [0.4, 0.5) is 0 Å². The molecule has 1 atom stereocenters.